The number of aryl methyl sites for hydroxylation is 1. The molecule has 0 fully saturated rings. The molecule has 1 amide bonds. The number of rotatable bonds is 12. The highest BCUT2D eigenvalue weighted by Gasteiger charge is 2.18. The van der Waals surface area contributed by atoms with Crippen LogP contribution in [0.2, 0.25) is 5.02 Å². The molecule has 3 aromatic carbocycles. The highest BCUT2D eigenvalue weighted by Crippen LogP contribution is 2.29. The lowest BCUT2D eigenvalue weighted by Gasteiger charge is -2.14. The Morgan fingerprint density at radius 3 is 2.63 bits per heavy atom. The maximum absolute atomic E-state index is 12.9. The first kappa shape index (κ1) is 27.5. The highest BCUT2D eigenvalue weighted by atomic mass is 35.5. The summed E-state index contributed by atoms with van der Waals surface area (Å²) in [6, 6.07) is 20.8. The van der Waals surface area contributed by atoms with Gasteiger partial charge in [0.05, 0.1) is 25.9 Å². The van der Waals surface area contributed by atoms with Crippen LogP contribution in [0.25, 0.3) is 5.69 Å². The molecular formula is C29H31ClN4O3S. The lowest BCUT2D eigenvalue weighted by molar-refractivity contribution is 0.0949. The SMILES string of the molecule is CCCCOc1ccc(C(=O)NCc2nnc(SCc3cccc(OC)c3)n2-c2cc(Cl)ccc2C)cc1. The van der Waals surface area contributed by atoms with Gasteiger partial charge in [0.1, 0.15) is 11.5 Å². The third-order valence-electron chi connectivity index (χ3n) is 5.90. The molecule has 0 radical (unpaired) electrons. The molecule has 9 heteroatoms. The van der Waals surface area contributed by atoms with Crippen LogP contribution >= 0.6 is 23.4 Å². The van der Waals surface area contributed by atoms with E-state index in [9.17, 15) is 4.79 Å². The van der Waals surface area contributed by atoms with Gasteiger partial charge in [-0.05, 0) is 73.0 Å². The number of nitrogens with zero attached hydrogens (tertiary/aromatic N) is 3. The van der Waals surface area contributed by atoms with Gasteiger partial charge in [-0.2, -0.15) is 0 Å². The largest absolute Gasteiger partial charge is 0.497 e. The van der Waals surface area contributed by atoms with Crippen molar-refractivity contribution < 1.29 is 14.3 Å². The van der Waals surface area contributed by atoms with Crippen LogP contribution in [0, 0.1) is 6.92 Å². The average Bonchev–Trinajstić information content (AvgIpc) is 3.35. The van der Waals surface area contributed by atoms with Crippen molar-refractivity contribution in [3.8, 4) is 17.2 Å². The van der Waals surface area contributed by atoms with Gasteiger partial charge in [-0.3, -0.25) is 9.36 Å². The third kappa shape index (κ3) is 7.08. The first-order valence-electron chi connectivity index (χ1n) is 12.5. The van der Waals surface area contributed by atoms with Crippen molar-refractivity contribution in [2.24, 2.45) is 0 Å². The zero-order valence-electron chi connectivity index (χ0n) is 21.7. The minimum absolute atomic E-state index is 0.201. The first-order valence-corrected chi connectivity index (χ1v) is 13.8. The summed E-state index contributed by atoms with van der Waals surface area (Å²) in [6.45, 7) is 4.99. The number of aromatic nitrogens is 3. The molecule has 7 nitrogen and oxygen atoms in total. The topological polar surface area (TPSA) is 78.3 Å². The van der Waals surface area contributed by atoms with E-state index in [1.165, 1.54) is 0 Å². The van der Waals surface area contributed by atoms with Crippen LogP contribution in [0.1, 0.15) is 47.1 Å². The van der Waals surface area contributed by atoms with Crippen LogP contribution in [0.15, 0.2) is 71.9 Å². The number of ether oxygens (including phenoxy) is 2. The number of benzene rings is 3. The van der Waals surface area contributed by atoms with Crippen molar-refractivity contribution in [3.05, 3.63) is 94.3 Å². The fourth-order valence-electron chi connectivity index (χ4n) is 3.78. The Hall–Kier alpha value is -3.49. The lowest BCUT2D eigenvalue weighted by Crippen LogP contribution is -2.24. The number of halogens is 1. The molecule has 0 aliphatic heterocycles. The Morgan fingerprint density at radius 1 is 1.05 bits per heavy atom. The van der Waals surface area contributed by atoms with Gasteiger partial charge in [-0.15, -0.1) is 10.2 Å². The van der Waals surface area contributed by atoms with Gasteiger partial charge in [-0.1, -0.05) is 54.9 Å². The summed E-state index contributed by atoms with van der Waals surface area (Å²) in [7, 11) is 1.65. The Balaban J connectivity index is 1.52. The molecular weight excluding hydrogens is 520 g/mol. The number of carbonyl (C=O) groups is 1. The van der Waals surface area contributed by atoms with Crippen molar-refractivity contribution in [2.45, 2.75) is 44.1 Å². The van der Waals surface area contributed by atoms with Crippen molar-refractivity contribution in [1.82, 2.24) is 20.1 Å². The zero-order chi connectivity index (χ0) is 26.9. The zero-order valence-corrected chi connectivity index (χ0v) is 23.3. The highest BCUT2D eigenvalue weighted by molar-refractivity contribution is 7.98. The summed E-state index contributed by atoms with van der Waals surface area (Å²) >= 11 is 7.90. The van der Waals surface area contributed by atoms with Crippen LogP contribution in [0.5, 0.6) is 11.5 Å². The maximum Gasteiger partial charge on any atom is 0.251 e. The average molecular weight is 551 g/mol. The number of hydrogen-bond acceptors (Lipinski definition) is 6. The van der Waals surface area contributed by atoms with E-state index in [1.807, 2.05) is 66.1 Å². The second kappa shape index (κ2) is 13.3. The Bertz CT molecular complexity index is 1370. The van der Waals surface area contributed by atoms with Gasteiger partial charge < -0.3 is 14.8 Å². The molecule has 0 spiro atoms. The molecule has 0 saturated heterocycles. The quantitative estimate of drug-likeness (QED) is 0.157. The molecule has 0 aliphatic carbocycles. The smallest absolute Gasteiger partial charge is 0.251 e. The molecule has 1 N–H and O–H groups in total. The number of methoxy groups -OCH3 is 1. The van der Waals surface area contributed by atoms with Crippen LogP contribution in [0.3, 0.4) is 0 Å². The van der Waals surface area contributed by atoms with E-state index >= 15 is 0 Å². The molecule has 4 aromatic rings. The van der Waals surface area contributed by atoms with Crippen molar-refractivity contribution in [3.63, 3.8) is 0 Å². The van der Waals surface area contributed by atoms with Gasteiger partial charge in [0.2, 0.25) is 0 Å². The maximum atomic E-state index is 12.9. The number of unbranched alkanes of at least 4 members (excludes halogenated alkanes) is 1. The molecule has 0 bridgehead atoms. The number of nitrogens with one attached hydrogen (secondary N) is 1. The normalized spacial score (nSPS) is 10.8. The molecule has 0 unspecified atom stereocenters. The monoisotopic (exact) mass is 550 g/mol. The molecule has 0 saturated carbocycles. The molecule has 1 aromatic heterocycles. The second-order valence-corrected chi connectivity index (χ2v) is 10.1. The predicted octanol–water partition coefficient (Wildman–Crippen LogP) is 6.64. The molecule has 1 heterocycles. The van der Waals surface area contributed by atoms with Crippen LogP contribution in [0.4, 0.5) is 0 Å². The second-order valence-electron chi connectivity index (χ2n) is 8.71. The summed E-state index contributed by atoms with van der Waals surface area (Å²) in [5, 5.41) is 13.2. The van der Waals surface area contributed by atoms with Crippen LogP contribution in [-0.4, -0.2) is 34.4 Å². The summed E-state index contributed by atoms with van der Waals surface area (Å²) in [5.74, 6) is 2.64. The molecule has 198 valence electrons. The molecule has 0 aliphatic rings. The Labute approximate surface area is 232 Å². The van der Waals surface area contributed by atoms with E-state index in [4.69, 9.17) is 21.1 Å². The van der Waals surface area contributed by atoms with Crippen LogP contribution in [-0.2, 0) is 12.3 Å². The Kier molecular flexibility index (Phi) is 9.67. The van der Waals surface area contributed by atoms with E-state index < -0.39 is 0 Å². The van der Waals surface area contributed by atoms with Gasteiger partial charge in [0, 0.05) is 16.3 Å². The third-order valence-corrected chi connectivity index (χ3v) is 7.14. The van der Waals surface area contributed by atoms with E-state index in [0.29, 0.717) is 33.9 Å². The van der Waals surface area contributed by atoms with Crippen molar-refractivity contribution in [1.29, 1.82) is 0 Å². The van der Waals surface area contributed by atoms with Gasteiger partial charge in [-0.25, -0.2) is 0 Å². The van der Waals surface area contributed by atoms with Crippen molar-refractivity contribution >= 4 is 29.3 Å². The standard InChI is InChI=1S/C29H31ClN4O3S/c1-4-5-15-37-24-13-10-22(11-14-24)28(35)31-18-27-32-33-29(34(27)26-17-23(30)12-9-20(26)2)38-19-21-7-6-8-25(16-21)36-3/h6-14,16-17H,4-5,15,18-19H2,1-3H3,(H,31,35). The lowest BCUT2D eigenvalue weighted by atomic mass is 10.2. The first-order chi connectivity index (χ1) is 18.5. The molecule has 0 atom stereocenters. The number of carbonyl (C=O) groups excluding carboxylic acids is 1. The van der Waals surface area contributed by atoms with E-state index in [2.05, 4.69) is 22.4 Å². The summed E-state index contributed by atoms with van der Waals surface area (Å²) < 4.78 is 13.0. The number of amides is 1. The Morgan fingerprint density at radius 2 is 1.87 bits per heavy atom. The predicted molar refractivity (Wildman–Crippen MR) is 152 cm³/mol. The number of hydrogen-bond donors (Lipinski definition) is 1. The van der Waals surface area contributed by atoms with Crippen molar-refractivity contribution in [2.75, 3.05) is 13.7 Å². The van der Waals surface area contributed by atoms with E-state index in [1.54, 1.807) is 31.0 Å². The minimum atomic E-state index is -0.201. The molecule has 38 heavy (non-hydrogen) atoms. The van der Waals surface area contributed by atoms with Crippen LogP contribution < -0.4 is 14.8 Å². The van der Waals surface area contributed by atoms with Gasteiger partial charge in [0.15, 0.2) is 11.0 Å². The fourth-order valence-corrected chi connectivity index (χ4v) is 4.86. The summed E-state index contributed by atoms with van der Waals surface area (Å²) in [5.41, 5.74) is 3.53. The van der Waals surface area contributed by atoms with Gasteiger partial charge >= 0.3 is 0 Å². The van der Waals surface area contributed by atoms with E-state index in [-0.39, 0.29) is 12.5 Å². The van der Waals surface area contributed by atoms with E-state index in [0.717, 1.165) is 41.2 Å². The van der Waals surface area contributed by atoms with Gasteiger partial charge in [0.25, 0.3) is 5.91 Å². The number of thioether (sulfide) groups is 1. The molecule has 4 rings (SSSR count). The summed E-state index contributed by atoms with van der Waals surface area (Å²) in [6.07, 6.45) is 2.07. The summed E-state index contributed by atoms with van der Waals surface area (Å²) in [4.78, 5) is 12.9. The minimum Gasteiger partial charge on any atom is -0.497 e. The fraction of sp³-hybridized carbons (Fsp3) is 0.276.